The summed E-state index contributed by atoms with van der Waals surface area (Å²) in [4.78, 5) is 14.3. The molecule has 6 nitrogen and oxygen atoms in total. The predicted octanol–water partition coefficient (Wildman–Crippen LogP) is -1.32. The molecule has 3 fully saturated rings. The quantitative estimate of drug-likeness (QED) is 0.489. The Morgan fingerprint density at radius 3 is 2.55 bits per heavy atom. The van der Waals surface area contributed by atoms with Crippen LogP contribution in [0.25, 0.3) is 10.9 Å². The first kappa shape index (κ1) is 22.1. The zero-order valence-electron chi connectivity index (χ0n) is 18.1. The Morgan fingerprint density at radius 2 is 1.87 bits per heavy atom. The van der Waals surface area contributed by atoms with Gasteiger partial charge in [-0.3, -0.25) is 4.68 Å². The van der Waals surface area contributed by atoms with Gasteiger partial charge >= 0.3 is 18.9 Å². The number of fused-ring (bicyclic) bond motifs is 4. The first-order valence-corrected chi connectivity index (χ1v) is 10.9. The molecule has 2 aromatic carbocycles. The Morgan fingerprint density at radius 1 is 1.10 bits per heavy atom. The summed E-state index contributed by atoms with van der Waals surface area (Å²) in [6, 6.07) is 16.0. The summed E-state index contributed by atoms with van der Waals surface area (Å²) < 4.78 is 1.92. The number of piperidine rings is 3. The second-order valence-electron chi connectivity index (χ2n) is 8.53. The maximum Gasteiger partial charge on any atom is 1.00 e. The van der Waals surface area contributed by atoms with E-state index in [4.69, 9.17) is 5.10 Å². The number of carboxylic acid groups (broad SMARTS) is 1. The molecule has 0 radical (unpaired) electrons. The maximum atomic E-state index is 11.8. The van der Waals surface area contributed by atoms with Crippen LogP contribution in [0.15, 0.2) is 48.5 Å². The van der Waals surface area contributed by atoms with Gasteiger partial charge in [-0.15, -0.1) is 0 Å². The number of carbonyl (C=O) groups is 1. The molecule has 0 spiro atoms. The van der Waals surface area contributed by atoms with Gasteiger partial charge in [0.1, 0.15) is 0 Å². The van der Waals surface area contributed by atoms with Crippen molar-refractivity contribution in [2.45, 2.75) is 31.8 Å². The van der Waals surface area contributed by atoms with Crippen molar-refractivity contribution in [1.29, 1.82) is 0 Å². The largest absolute Gasteiger partial charge is 1.00 e. The predicted molar refractivity (Wildman–Crippen MR) is 114 cm³/mol. The first-order chi connectivity index (χ1) is 14.7. The number of nitrogens with zero attached hydrogens (tertiary/aromatic N) is 3. The van der Waals surface area contributed by atoms with Crippen LogP contribution in [-0.2, 0) is 13.0 Å². The molecule has 3 aliphatic heterocycles. The second kappa shape index (κ2) is 9.58. The molecule has 0 amide bonds. The van der Waals surface area contributed by atoms with Gasteiger partial charge in [0.25, 0.3) is 0 Å². The Labute approximate surface area is 194 Å². The third kappa shape index (κ3) is 4.58. The van der Waals surface area contributed by atoms with Gasteiger partial charge in [-0.1, -0.05) is 42.5 Å². The first-order valence-electron chi connectivity index (χ1n) is 10.9. The summed E-state index contributed by atoms with van der Waals surface area (Å²) in [7, 11) is 0. The van der Waals surface area contributed by atoms with Gasteiger partial charge in [0.2, 0.25) is 0 Å². The number of carbonyl (C=O) groups excluding carboxylic acids is 1. The molecule has 7 heteroatoms. The van der Waals surface area contributed by atoms with Gasteiger partial charge in [0, 0.05) is 36.5 Å². The van der Waals surface area contributed by atoms with Crippen molar-refractivity contribution in [1.82, 2.24) is 20.0 Å². The van der Waals surface area contributed by atoms with E-state index in [1.54, 1.807) is 12.1 Å². The van der Waals surface area contributed by atoms with Crippen LogP contribution in [0.3, 0.4) is 0 Å². The molecule has 3 saturated heterocycles. The van der Waals surface area contributed by atoms with E-state index in [1.807, 2.05) is 28.9 Å². The summed E-state index contributed by atoms with van der Waals surface area (Å²) in [6.45, 7) is 4.99. The molecule has 0 unspecified atom stereocenters. The maximum absolute atomic E-state index is 11.8. The van der Waals surface area contributed by atoms with Crippen LogP contribution >= 0.6 is 0 Å². The summed E-state index contributed by atoms with van der Waals surface area (Å²) in [5, 5.41) is 21.0. The molecule has 0 aliphatic carbocycles. The van der Waals surface area contributed by atoms with Gasteiger partial charge in [-0.25, -0.2) is 0 Å². The summed E-state index contributed by atoms with van der Waals surface area (Å²) in [5.74, 6) is -0.382. The minimum Gasteiger partial charge on any atom is -0.545 e. The van der Waals surface area contributed by atoms with E-state index in [0.29, 0.717) is 24.4 Å². The molecular weight excluding hydrogens is 383 g/mol. The van der Waals surface area contributed by atoms with E-state index < -0.39 is 5.97 Å². The monoisotopic (exact) mass is 410 g/mol. The molecule has 3 aromatic rings. The molecule has 0 saturated carbocycles. The zero-order chi connectivity index (χ0) is 20.5. The van der Waals surface area contributed by atoms with Gasteiger partial charge in [0.05, 0.1) is 23.7 Å². The summed E-state index contributed by atoms with van der Waals surface area (Å²) in [6.07, 6.45) is 3.26. The molecular formula is C24H27LiN4O2. The third-order valence-corrected chi connectivity index (χ3v) is 6.67. The van der Waals surface area contributed by atoms with Gasteiger partial charge in [0.15, 0.2) is 0 Å². The Balaban J connectivity index is 0.00000231. The Hall–Kier alpha value is -2.10. The van der Waals surface area contributed by atoms with Crippen LogP contribution in [-0.4, -0.2) is 52.9 Å². The minimum atomic E-state index is -1.15. The SMILES string of the molecule is O=C([O-])c1cccc2c1c(CCN[C@@H]1CN3CCC1CC3)nn2Cc1ccccc1.[Li+]. The Bertz CT molecular complexity index is 1040. The van der Waals surface area contributed by atoms with Crippen LogP contribution in [0.1, 0.15) is 34.5 Å². The fraction of sp³-hybridized carbons (Fsp3) is 0.417. The van der Waals surface area contributed by atoms with Crippen molar-refractivity contribution >= 4 is 16.9 Å². The number of aromatic nitrogens is 2. The molecule has 4 heterocycles. The average molecular weight is 410 g/mol. The Kier molecular flexibility index (Phi) is 6.83. The van der Waals surface area contributed by atoms with Crippen molar-refractivity contribution in [2.75, 3.05) is 26.2 Å². The summed E-state index contributed by atoms with van der Waals surface area (Å²) >= 11 is 0. The van der Waals surface area contributed by atoms with Crippen LogP contribution < -0.4 is 29.3 Å². The number of nitrogens with one attached hydrogen (secondary N) is 1. The molecule has 156 valence electrons. The van der Waals surface area contributed by atoms with Gasteiger partial charge < -0.3 is 20.1 Å². The number of carboxylic acids is 1. The fourth-order valence-corrected chi connectivity index (χ4v) is 5.10. The standard InChI is InChI=1S/C24H28N4O2.Li/c29-24(30)19-7-4-8-22-23(19)20(26-28(22)15-17-5-2-1-3-6-17)9-12-25-21-16-27-13-10-18(21)11-14-27;/h1-8,18,21,25H,9-16H2,(H,29,30);/q;+1/p-1/t21-;/m1./s1. The van der Waals surface area contributed by atoms with Crippen LogP contribution in [0.5, 0.6) is 0 Å². The second-order valence-corrected chi connectivity index (χ2v) is 8.53. The third-order valence-electron chi connectivity index (χ3n) is 6.67. The number of benzene rings is 2. The van der Waals surface area contributed by atoms with E-state index in [0.717, 1.165) is 35.8 Å². The van der Waals surface area contributed by atoms with Crippen molar-refractivity contribution < 1.29 is 28.8 Å². The van der Waals surface area contributed by atoms with Crippen molar-refractivity contribution in [3.8, 4) is 0 Å². The number of rotatable bonds is 7. The topological polar surface area (TPSA) is 73.2 Å². The normalized spacial score (nSPS) is 22.4. The van der Waals surface area contributed by atoms with Crippen molar-refractivity contribution in [3.05, 3.63) is 65.4 Å². The minimum absolute atomic E-state index is 0. The van der Waals surface area contributed by atoms with Gasteiger partial charge in [-0.05, 0) is 43.5 Å². The molecule has 1 atom stereocenters. The van der Waals surface area contributed by atoms with E-state index in [-0.39, 0.29) is 24.4 Å². The van der Waals surface area contributed by atoms with E-state index in [1.165, 1.54) is 25.9 Å². The fourth-order valence-electron chi connectivity index (χ4n) is 5.10. The summed E-state index contributed by atoms with van der Waals surface area (Å²) in [5.41, 5.74) is 3.04. The van der Waals surface area contributed by atoms with Crippen LogP contribution in [0.2, 0.25) is 0 Å². The number of hydrogen-bond donors (Lipinski definition) is 1. The number of aromatic carboxylic acids is 1. The average Bonchev–Trinajstić information content (AvgIpc) is 3.13. The van der Waals surface area contributed by atoms with Crippen molar-refractivity contribution in [2.24, 2.45) is 5.92 Å². The number of hydrogen-bond acceptors (Lipinski definition) is 5. The molecule has 3 aliphatic rings. The molecule has 2 bridgehead atoms. The molecule has 6 rings (SSSR count). The van der Waals surface area contributed by atoms with E-state index in [9.17, 15) is 9.90 Å². The van der Waals surface area contributed by atoms with E-state index in [2.05, 4.69) is 22.3 Å². The molecule has 1 N–H and O–H groups in total. The van der Waals surface area contributed by atoms with E-state index >= 15 is 0 Å². The molecule has 1 aromatic heterocycles. The van der Waals surface area contributed by atoms with Gasteiger partial charge in [-0.2, -0.15) is 5.10 Å². The van der Waals surface area contributed by atoms with Crippen LogP contribution in [0, 0.1) is 5.92 Å². The zero-order valence-corrected chi connectivity index (χ0v) is 18.1. The van der Waals surface area contributed by atoms with Crippen molar-refractivity contribution in [3.63, 3.8) is 0 Å². The smallest absolute Gasteiger partial charge is 0.545 e. The molecule has 31 heavy (non-hydrogen) atoms. The van der Waals surface area contributed by atoms with Crippen LogP contribution in [0.4, 0.5) is 0 Å².